The van der Waals surface area contributed by atoms with Gasteiger partial charge in [0.1, 0.15) is 5.65 Å². The fraction of sp³-hybridized carbons (Fsp3) is 0.300. The van der Waals surface area contributed by atoms with Crippen LogP contribution >= 0.6 is 0 Å². The van der Waals surface area contributed by atoms with E-state index in [4.69, 9.17) is 0 Å². The molecular formula is C10H12N2. The molecule has 12 heavy (non-hydrogen) atoms. The number of imidazole rings is 1. The number of hydrogen-bond donors (Lipinski definition) is 0. The molecule has 0 fully saturated rings. The highest BCUT2D eigenvalue weighted by atomic mass is 15.0. The van der Waals surface area contributed by atoms with Gasteiger partial charge >= 0.3 is 0 Å². The fourth-order valence-electron chi connectivity index (χ4n) is 1.51. The van der Waals surface area contributed by atoms with Gasteiger partial charge < -0.3 is 4.40 Å². The predicted molar refractivity (Wildman–Crippen MR) is 49.3 cm³/mol. The Balaban J connectivity index is 2.80. The van der Waals surface area contributed by atoms with Crippen LogP contribution in [-0.4, -0.2) is 9.38 Å². The van der Waals surface area contributed by atoms with E-state index in [1.165, 1.54) is 11.3 Å². The van der Waals surface area contributed by atoms with Crippen molar-refractivity contribution in [3.63, 3.8) is 0 Å². The predicted octanol–water partition coefficient (Wildman–Crippen LogP) is 2.21. The van der Waals surface area contributed by atoms with Crippen LogP contribution in [-0.2, 0) is 6.42 Å². The van der Waals surface area contributed by atoms with Gasteiger partial charge in [-0.2, -0.15) is 0 Å². The lowest BCUT2D eigenvalue weighted by atomic mass is 10.2. The van der Waals surface area contributed by atoms with Crippen LogP contribution in [0.15, 0.2) is 24.5 Å². The SMILES string of the molecule is CCc1cc(C)cc2nccn12. The molecule has 2 aromatic rings. The molecule has 0 amide bonds. The molecule has 0 aliphatic rings. The smallest absolute Gasteiger partial charge is 0.137 e. The number of rotatable bonds is 1. The molecule has 0 saturated heterocycles. The zero-order valence-electron chi connectivity index (χ0n) is 7.41. The lowest BCUT2D eigenvalue weighted by Crippen LogP contribution is -1.94. The Kier molecular flexibility index (Phi) is 1.61. The normalized spacial score (nSPS) is 10.8. The summed E-state index contributed by atoms with van der Waals surface area (Å²) in [5.74, 6) is 0. The van der Waals surface area contributed by atoms with Crippen LogP contribution in [0.2, 0.25) is 0 Å². The molecule has 0 radical (unpaired) electrons. The number of nitrogens with zero attached hydrogens (tertiary/aromatic N) is 2. The van der Waals surface area contributed by atoms with Crippen LogP contribution in [0.3, 0.4) is 0 Å². The number of pyridine rings is 1. The summed E-state index contributed by atoms with van der Waals surface area (Å²) in [5.41, 5.74) is 3.65. The molecule has 0 aromatic carbocycles. The zero-order valence-corrected chi connectivity index (χ0v) is 7.41. The Labute approximate surface area is 71.9 Å². The van der Waals surface area contributed by atoms with E-state index >= 15 is 0 Å². The van der Waals surface area contributed by atoms with E-state index < -0.39 is 0 Å². The number of hydrogen-bond acceptors (Lipinski definition) is 1. The van der Waals surface area contributed by atoms with Gasteiger partial charge in [-0.25, -0.2) is 4.98 Å². The molecule has 0 atom stereocenters. The molecule has 0 N–H and O–H groups in total. The molecule has 0 bridgehead atoms. The third kappa shape index (κ3) is 0.998. The van der Waals surface area contributed by atoms with Crippen LogP contribution in [0, 0.1) is 6.92 Å². The van der Waals surface area contributed by atoms with Gasteiger partial charge in [0.2, 0.25) is 0 Å². The molecule has 2 nitrogen and oxygen atoms in total. The molecule has 0 unspecified atom stereocenters. The summed E-state index contributed by atoms with van der Waals surface area (Å²) in [4.78, 5) is 4.25. The van der Waals surface area contributed by atoms with Crippen molar-refractivity contribution in [2.75, 3.05) is 0 Å². The highest BCUT2D eigenvalue weighted by molar-refractivity contribution is 5.43. The summed E-state index contributed by atoms with van der Waals surface area (Å²) >= 11 is 0. The second-order valence-electron chi connectivity index (χ2n) is 3.03. The largest absolute Gasteiger partial charge is 0.304 e. The lowest BCUT2D eigenvalue weighted by Gasteiger charge is -2.03. The molecule has 2 heteroatoms. The first-order chi connectivity index (χ1) is 5.81. The minimum Gasteiger partial charge on any atom is -0.304 e. The van der Waals surface area contributed by atoms with Gasteiger partial charge in [-0.1, -0.05) is 6.92 Å². The first kappa shape index (κ1) is 7.35. The average molecular weight is 160 g/mol. The maximum Gasteiger partial charge on any atom is 0.137 e. The van der Waals surface area contributed by atoms with Crippen molar-refractivity contribution in [3.05, 3.63) is 35.8 Å². The summed E-state index contributed by atoms with van der Waals surface area (Å²) in [6.07, 6.45) is 4.90. The molecule has 2 rings (SSSR count). The summed E-state index contributed by atoms with van der Waals surface area (Å²) in [7, 11) is 0. The number of aromatic nitrogens is 2. The van der Waals surface area contributed by atoms with E-state index in [1.54, 1.807) is 0 Å². The first-order valence-corrected chi connectivity index (χ1v) is 4.24. The van der Waals surface area contributed by atoms with Gasteiger partial charge in [0.05, 0.1) is 0 Å². The molecule has 0 aliphatic carbocycles. The van der Waals surface area contributed by atoms with E-state index in [-0.39, 0.29) is 0 Å². The van der Waals surface area contributed by atoms with Crippen molar-refractivity contribution in [3.8, 4) is 0 Å². The Morgan fingerprint density at radius 2 is 2.25 bits per heavy atom. The molecule has 62 valence electrons. The van der Waals surface area contributed by atoms with Crippen molar-refractivity contribution < 1.29 is 0 Å². The maximum absolute atomic E-state index is 4.25. The second-order valence-corrected chi connectivity index (χ2v) is 3.03. The van der Waals surface area contributed by atoms with Crippen LogP contribution in [0.5, 0.6) is 0 Å². The van der Waals surface area contributed by atoms with Crippen LogP contribution < -0.4 is 0 Å². The third-order valence-corrected chi connectivity index (χ3v) is 2.09. The topological polar surface area (TPSA) is 17.3 Å². The van der Waals surface area contributed by atoms with Gasteiger partial charge in [0, 0.05) is 18.1 Å². The third-order valence-electron chi connectivity index (χ3n) is 2.09. The number of aryl methyl sites for hydroxylation is 2. The second kappa shape index (κ2) is 2.63. The van der Waals surface area contributed by atoms with E-state index in [1.807, 2.05) is 12.4 Å². The fourth-order valence-corrected chi connectivity index (χ4v) is 1.51. The van der Waals surface area contributed by atoms with E-state index in [0.717, 1.165) is 12.1 Å². The quantitative estimate of drug-likeness (QED) is 0.625. The van der Waals surface area contributed by atoms with Gasteiger partial charge in [0.15, 0.2) is 0 Å². The Morgan fingerprint density at radius 3 is 3.00 bits per heavy atom. The molecule has 0 saturated carbocycles. The van der Waals surface area contributed by atoms with Crippen molar-refractivity contribution in [1.82, 2.24) is 9.38 Å². The molecule has 2 aromatic heterocycles. The van der Waals surface area contributed by atoms with E-state index in [0.29, 0.717) is 0 Å². The lowest BCUT2D eigenvalue weighted by molar-refractivity contribution is 0.973. The Morgan fingerprint density at radius 1 is 1.42 bits per heavy atom. The Bertz CT molecular complexity index is 401. The maximum atomic E-state index is 4.25. The molecule has 0 aliphatic heterocycles. The van der Waals surface area contributed by atoms with E-state index in [2.05, 4.69) is 35.4 Å². The summed E-state index contributed by atoms with van der Waals surface area (Å²) in [6, 6.07) is 4.30. The minimum atomic E-state index is 1.05. The van der Waals surface area contributed by atoms with Crippen LogP contribution in [0.4, 0.5) is 0 Å². The summed E-state index contributed by atoms with van der Waals surface area (Å²) in [5, 5.41) is 0. The molecule has 0 spiro atoms. The van der Waals surface area contributed by atoms with E-state index in [9.17, 15) is 0 Å². The van der Waals surface area contributed by atoms with Gasteiger partial charge in [-0.15, -0.1) is 0 Å². The number of fused-ring (bicyclic) bond motifs is 1. The average Bonchev–Trinajstić information content (AvgIpc) is 2.50. The standard InChI is InChI=1S/C10H12N2/c1-3-9-6-8(2)7-10-11-4-5-12(9)10/h4-7H,3H2,1-2H3. The summed E-state index contributed by atoms with van der Waals surface area (Å²) < 4.78 is 2.13. The minimum absolute atomic E-state index is 1.05. The Hall–Kier alpha value is -1.31. The zero-order chi connectivity index (χ0) is 8.55. The monoisotopic (exact) mass is 160 g/mol. The van der Waals surface area contributed by atoms with Crippen LogP contribution in [0.1, 0.15) is 18.2 Å². The van der Waals surface area contributed by atoms with Crippen molar-refractivity contribution in [2.45, 2.75) is 20.3 Å². The van der Waals surface area contributed by atoms with Crippen molar-refractivity contribution in [1.29, 1.82) is 0 Å². The highest BCUT2D eigenvalue weighted by Crippen LogP contribution is 2.10. The van der Waals surface area contributed by atoms with Crippen LogP contribution in [0.25, 0.3) is 5.65 Å². The van der Waals surface area contributed by atoms with Gasteiger partial charge in [-0.3, -0.25) is 0 Å². The van der Waals surface area contributed by atoms with Crippen molar-refractivity contribution in [2.24, 2.45) is 0 Å². The summed E-state index contributed by atoms with van der Waals surface area (Å²) in [6.45, 7) is 4.27. The van der Waals surface area contributed by atoms with Gasteiger partial charge in [-0.05, 0) is 31.0 Å². The molecular weight excluding hydrogens is 148 g/mol. The molecule has 2 heterocycles. The van der Waals surface area contributed by atoms with Gasteiger partial charge in [0.25, 0.3) is 0 Å². The van der Waals surface area contributed by atoms with Crippen molar-refractivity contribution >= 4 is 5.65 Å². The first-order valence-electron chi connectivity index (χ1n) is 4.24. The highest BCUT2D eigenvalue weighted by Gasteiger charge is 1.99.